The second-order valence-electron chi connectivity index (χ2n) is 5.49. The number of rotatable bonds is 5. The summed E-state index contributed by atoms with van der Waals surface area (Å²) in [5.74, 6) is 0.865. The molecular weight excluding hydrogens is 369 g/mol. The van der Waals surface area contributed by atoms with Crippen LogP contribution in [-0.4, -0.2) is 24.7 Å². The second kappa shape index (κ2) is 7.35. The van der Waals surface area contributed by atoms with Crippen molar-refractivity contribution in [3.05, 3.63) is 65.6 Å². The summed E-state index contributed by atoms with van der Waals surface area (Å²) in [6.07, 6.45) is 1.76. The molecule has 0 spiro atoms. The SMILES string of the molecule is Cn1c(SCc2csc(-c3ccccn3)n2)nnc1-c1ccccc1F. The molecule has 0 atom stereocenters. The van der Waals surface area contributed by atoms with E-state index in [4.69, 9.17) is 0 Å². The van der Waals surface area contributed by atoms with Crippen molar-refractivity contribution in [3.63, 3.8) is 0 Å². The molecule has 0 saturated heterocycles. The molecule has 0 radical (unpaired) electrons. The molecule has 5 nitrogen and oxygen atoms in total. The van der Waals surface area contributed by atoms with E-state index in [-0.39, 0.29) is 5.82 Å². The third-order valence-electron chi connectivity index (χ3n) is 3.73. The van der Waals surface area contributed by atoms with Crippen LogP contribution in [0, 0.1) is 5.82 Å². The van der Waals surface area contributed by atoms with Crippen molar-refractivity contribution in [2.24, 2.45) is 7.05 Å². The zero-order valence-corrected chi connectivity index (χ0v) is 15.5. The number of benzene rings is 1. The van der Waals surface area contributed by atoms with E-state index < -0.39 is 0 Å². The third-order valence-corrected chi connectivity index (χ3v) is 5.70. The highest BCUT2D eigenvalue weighted by Gasteiger charge is 2.15. The van der Waals surface area contributed by atoms with Gasteiger partial charge in [0.25, 0.3) is 0 Å². The number of aromatic nitrogens is 5. The Labute approximate surface area is 158 Å². The Morgan fingerprint density at radius 1 is 1.12 bits per heavy atom. The topological polar surface area (TPSA) is 56.5 Å². The second-order valence-corrected chi connectivity index (χ2v) is 7.29. The van der Waals surface area contributed by atoms with Gasteiger partial charge in [-0.25, -0.2) is 9.37 Å². The van der Waals surface area contributed by atoms with E-state index in [1.807, 2.05) is 30.6 Å². The fourth-order valence-electron chi connectivity index (χ4n) is 2.44. The maximum absolute atomic E-state index is 14.0. The van der Waals surface area contributed by atoms with E-state index in [9.17, 15) is 4.39 Å². The first-order valence-corrected chi connectivity index (χ1v) is 9.72. The molecule has 8 heteroatoms. The molecule has 4 aromatic rings. The van der Waals surface area contributed by atoms with Crippen molar-refractivity contribution in [2.45, 2.75) is 10.9 Å². The van der Waals surface area contributed by atoms with Crippen LogP contribution >= 0.6 is 23.1 Å². The molecule has 3 heterocycles. The van der Waals surface area contributed by atoms with Crippen molar-refractivity contribution >= 4 is 23.1 Å². The van der Waals surface area contributed by atoms with E-state index in [1.54, 1.807) is 40.3 Å². The van der Waals surface area contributed by atoms with Crippen molar-refractivity contribution in [1.82, 2.24) is 24.7 Å². The van der Waals surface area contributed by atoms with Gasteiger partial charge in [0.2, 0.25) is 0 Å². The van der Waals surface area contributed by atoms with Crippen molar-refractivity contribution in [2.75, 3.05) is 0 Å². The molecule has 26 heavy (non-hydrogen) atoms. The van der Waals surface area contributed by atoms with E-state index >= 15 is 0 Å². The molecule has 0 unspecified atom stereocenters. The molecule has 0 N–H and O–H groups in total. The van der Waals surface area contributed by atoms with Gasteiger partial charge in [-0.3, -0.25) is 4.98 Å². The molecular formula is C18H14FN5S2. The van der Waals surface area contributed by atoms with Gasteiger partial charge in [-0.2, -0.15) is 0 Å². The van der Waals surface area contributed by atoms with Crippen molar-refractivity contribution in [1.29, 1.82) is 0 Å². The highest BCUT2D eigenvalue weighted by Crippen LogP contribution is 2.28. The average Bonchev–Trinajstić information content (AvgIpc) is 3.28. The van der Waals surface area contributed by atoms with Crippen LogP contribution < -0.4 is 0 Å². The van der Waals surface area contributed by atoms with Crippen LogP contribution in [0.5, 0.6) is 0 Å². The lowest BCUT2D eigenvalue weighted by Crippen LogP contribution is -1.96. The monoisotopic (exact) mass is 383 g/mol. The lowest BCUT2D eigenvalue weighted by molar-refractivity contribution is 0.628. The zero-order valence-electron chi connectivity index (χ0n) is 13.8. The molecule has 0 aliphatic carbocycles. The van der Waals surface area contributed by atoms with E-state index in [1.165, 1.54) is 17.8 Å². The number of thioether (sulfide) groups is 1. The number of pyridine rings is 1. The number of hydrogen-bond acceptors (Lipinski definition) is 6. The molecule has 1 aromatic carbocycles. The molecule has 130 valence electrons. The Kier molecular flexibility index (Phi) is 4.77. The van der Waals surface area contributed by atoms with Gasteiger partial charge in [-0.1, -0.05) is 30.0 Å². The quantitative estimate of drug-likeness (QED) is 0.477. The van der Waals surface area contributed by atoms with Gasteiger partial charge >= 0.3 is 0 Å². The summed E-state index contributed by atoms with van der Waals surface area (Å²) in [6.45, 7) is 0. The maximum Gasteiger partial charge on any atom is 0.191 e. The average molecular weight is 383 g/mol. The minimum Gasteiger partial charge on any atom is -0.305 e. The number of nitrogens with zero attached hydrogens (tertiary/aromatic N) is 5. The van der Waals surface area contributed by atoms with Crippen molar-refractivity contribution in [3.8, 4) is 22.1 Å². The predicted molar refractivity (Wildman–Crippen MR) is 101 cm³/mol. The summed E-state index contributed by atoms with van der Waals surface area (Å²) in [7, 11) is 1.84. The first-order chi connectivity index (χ1) is 12.7. The first-order valence-electron chi connectivity index (χ1n) is 7.85. The Balaban J connectivity index is 1.50. The van der Waals surface area contributed by atoms with Gasteiger partial charge in [0.15, 0.2) is 11.0 Å². The predicted octanol–water partition coefficient (Wildman–Crippen LogP) is 4.43. The summed E-state index contributed by atoms with van der Waals surface area (Å²) < 4.78 is 15.8. The molecule has 0 aliphatic heterocycles. The number of hydrogen-bond donors (Lipinski definition) is 0. The van der Waals surface area contributed by atoms with E-state index in [0.29, 0.717) is 17.1 Å². The van der Waals surface area contributed by atoms with Crippen LogP contribution in [0.2, 0.25) is 0 Å². The lowest BCUT2D eigenvalue weighted by Gasteiger charge is -2.04. The van der Waals surface area contributed by atoms with Gasteiger partial charge < -0.3 is 4.57 Å². The summed E-state index contributed by atoms with van der Waals surface area (Å²) in [5, 5.41) is 12.0. The fourth-order valence-corrected chi connectivity index (χ4v) is 4.14. The van der Waals surface area contributed by atoms with Crippen LogP contribution in [0.25, 0.3) is 22.1 Å². The molecule has 0 aliphatic rings. The Bertz CT molecular complexity index is 1030. The van der Waals surface area contributed by atoms with Crippen LogP contribution in [0.1, 0.15) is 5.69 Å². The summed E-state index contributed by atoms with van der Waals surface area (Å²) in [5.41, 5.74) is 2.27. The molecule has 0 bridgehead atoms. The highest BCUT2D eigenvalue weighted by molar-refractivity contribution is 7.98. The van der Waals surface area contributed by atoms with Gasteiger partial charge in [0.05, 0.1) is 17.0 Å². The Morgan fingerprint density at radius 3 is 2.77 bits per heavy atom. The fraction of sp³-hybridized carbons (Fsp3) is 0.111. The summed E-state index contributed by atoms with van der Waals surface area (Å²) in [6, 6.07) is 12.3. The lowest BCUT2D eigenvalue weighted by atomic mass is 10.2. The molecule has 0 fully saturated rings. The van der Waals surface area contributed by atoms with Gasteiger partial charge in [-0.15, -0.1) is 21.5 Å². The van der Waals surface area contributed by atoms with Crippen LogP contribution in [0.3, 0.4) is 0 Å². The molecule has 3 aromatic heterocycles. The standard InChI is InChI=1S/C18H14FN5S2/c1-24-16(13-6-2-3-7-14(13)19)22-23-18(24)26-11-12-10-25-17(21-12)15-8-4-5-9-20-15/h2-10H,11H2,1H3. The Hall–Kier alpha value is -2.58. The Morgan fingerprint density at radius 2 is 1.96 bits per heavy atom. The smallest absolute Gasteiger partial charge is 0.191 e. The number of thiazole rings is 1. The number of halogens is 1. The van der Waals surface area contributed by atoms with Crippen LogP contribution in [0.15, 0.2) is 59.2 Å². The van der Waals surface area contributed by atoms with E-state index in [0.717, 1.165) is 21.6 Å². The normalized spacial score (nSPS) is 11.0. The minimum absolute atomic E-state index is 0.306. The minimum atomic E-state index is -0.306. The van der Waals surface area contributed by atoms with Crippen LogP contribution in [-0.2, 0) is 12.8 Å². The third kappa shape index (κ3) is 3.38. The van der Waals surface area contributed by atoms with Crippen molar-refractivity contribution < 1.29 is 4.39 Å². The summed E-state index contributed by atoms with van der Waals surface area (Å²) >= 11 is 3.09. The van der Waals surface area contributed by atoms with E-state index in [2.05, 4.69) is 20.2 Å². The first kappa shape index (κ1) is 16.9. The zero-order chi connectivity index (χ0) is 17.9. The highest BCUT2D eigenvalue weighted by atomic mass is 32.2. The summed E-state index contributed by atoms with van der Waals surface area (Å²) in [4.78, 5) is 8.94. The maximum atomic E-state index is 14.0. The molecule has 0 saturated carbocycles. The van der Waals surface area contributed by atoms with Gasteiger partial charge in [-0.05, 0) is 24.3 Å². The molecule has 4 rings (SSSR count). The van der Waals surface area contributed by atoms with Gasteiger partial charge in [0.1, 0.15) is 10.8 Å². The van der Waals surface area contributed by atoms with Crippen LogP contribution in [0.4, 0.5) is 4.39 Å². The molecule has 0 amide bonds. The van der Waals surface area contributed by atoms with Gasteiger partial charge in [0, 0.05) is 24.4 Å². The largest absolute Gasteiger partial charge is 0.305 e.